The molecule has 162 valence electrons. The zero-order valence-electron chi connectivity index (χ0n) is 18.4. The molecule has 7 nitrogen and oxygen atoms in total. The van der Waals surface area contributed by atoms with Crippen LogP contribution in [-0.4, -0.2) is 39.2 Å². The fourth-order valence-corrected chi connectivity index (χ4v) is 2.92. The minimum atomic E-state index is -0.0948. The first-order chi connectivity index (χ1) is 14.5. The molecular weight excluding hydrogens is 380 g/mol. The highest BCUT2D eigenvalue weighted by atomic mass is 16.5. The predicted octanol–water partition coefficient (Wildman–Crippen LogP) is 3.27. The van der Waals surface area contributed by atoms with Crippen LogP contribution in [0.3, 0.4) is 0 Å². The van der Waals surface area contributed by atoms with Gasteiger partial charge in [0.15, 0.2) is 17.5 Å². The fraction of sp³-hybridized carbons (Fsp3) is 0.391. The van der Waals surface area contributed by atoms with Gasteiger partial charge in [0, 0.05) is 26.2 Å². The van der Waals surface area contributed by atoms with Gasteiger partial charge >= 0.3 is 0 Å². The summed E-state index contributed by atoms with van der Waals surface area (Å²) in [6.45, 7) is 7.73. The van der Waals surface area contributed by atoms with Gasteiger partial charge in [-0.05, 0) is 56.2 Å². The molecule has 1 amide bonds. The molecule has 0 spiro atoms. The fourth-order valence-electron chi connectivity index (χ4n) is 2.92. The van der Waals surface area contributed by atoms with Crippen molar-refractivity contribution >= 4 is 11.9 Å². The second kappa shape index (κ2) is 11.7. The van der Waals surface area contributed by atoms with Crippen molar-refractivity contribution in [1.82, 2.24) is 16.0 Å². The van der Waals surface area contributed by atoms with Crippen LogP contribution in [0.15, 0.2) is 47.5 Å². The third-order valence-electron chi connectivity index (χ3n) is 4.55. The Labute approximate surface area is 178 Å². The minimum Gasteiger partial charge on any atom is -0.490 e. The normalized spacial score (nSPS) is 12.1. The van der Waals surface area contributed by atoms with Crippen LogP contribution in [-0.2, 0) is 6.54 Å². The van der Waals surface area contributed by atoms with Crippen LogP contribution < -0.4 is 25.4 Å². The maximum absolute atomic E-state index is 11.6. The number of hydrogen-bond donors (Lipinski definition) is 3. The lowest BCUT2D eigenvalue weighted by atomic mass is 10.1. The number of nitrogens with one attached hydrogen (secondary N) is 3. The topological polar surface area (TPSA) is 84.0 Å². The number of nitrogens with zero attached hydrogens (tertiary/aromatic N) is 1. The summed E-state index contributed by atoms with van der Waals surface area (Å²) in [6.07, 6.45) is 0. The molecule has 0 fully saturated rings. The molecule has 0 radical (unpaired) electrons. The van der Waals surface area contributed by atoms with Gasteiger partial charge in [-0.1, -0.05) is 18.2 Å². The van der Waals surface area contributed by atoms with E-state index in [0.29, 0.717) is 31.3 Å². The van der Waals surface area contributed by atoms with Gasteiger partial charge in [-0.2, -0.15) is 0 Å². The summed E-state index contributed by atoms with van der Waals surface area (Å²) in [7, 11) is 3.36. The second-order valence-electron chi connectivity index (χ2n) is 6.64. The second-order valence-corrected chi connectivity index (χ2v) is 6.64. The molecule has 7 heteroatoms. The van der Waals surface area contributed by atoms with E-state index in [1.165, 1.54) is 0 Å². The first kappa shape index (κ1) is 23.1. The molecule has 0 aliphatic rings. The van der Waals surface area contributed by atoms with E-state index in [-0.39, 0.29) is 11.9 Å². The quantitative estimate of drug-likeness (QED) is 0.435. The summed E-state index contributed by atoms with van der Waals surface area (Å²) < 4.78 is 11.4. The van der Waals surface area contributed by atoms with E-state index >= 15 is 0 Å². The Kier molecular flexibility index (Phi) is 9.00. The van der Waals surface area contributed by atoms with Crippen LogP contribution >= 0.6 is 0 Å². The van der Waals surface area contributed by atoms with Gasteiger partial charge in [0.2, 0.25) is 0 Å². The van der Waals surface area contributed by atoms with Crippen molar-refractivity contribution in [2.45, 2.75) is 33.4 Å². The zero-order chi connectivity index (χ0) is 21.9. The van der Waals surface area contributed by atoms with Crippen molar-refractivity contribution in [3.8, 4) is 11.5 Å². The molecule has 2 aromatic rings. The van der Waals surface area contributed by atoms with E-state index in [4.69, 9.17) is 9.47 Å². The van der Waals surface area contributed by atoms with Crippen LogP contribution in [0.2, 0.25) is 0 Å². The molecule has 1 unspecified atom stereocenters. The van der Waals surface area contributed by atoms with Gasteiger partial charge in [0.1, 0.15) is 0 Å². The Bertz CT molecular complexity index is 850. The van der Waals surface area contributed by atoms with Gasteiger partial charge in [-0.25, -0.2) is 0 Å². The monoisotopic (exact) mass is 412 g/mol. The summed E-state index contributed by atoms with van der Waals surface area (Å²) in [5.74, 6) is 2.08. The smallest absolute Gasteiger partial charge is 0.251 e. The zero-order valence-corrected chi connectivity index (χ0v) is 18.4. The Morgan fingerprint density at radius 3 is 2.30 bits per heavy atom. The minimum absolute atomic E-state index is 0.0155. The lowest BCUT2D eigenvalue weighted by molar-refractivity contribution is 0.0963. The van der Waals surface area contributed by atoms with Crippen LogP contribution in [0.1, 0.15) is 48.3 Å². The van der Waals surface area contributed by atoms with Gasteiger partial charge in [-0.3, -0.25) is 9.79 Å². The third kappa shape index (κ3) is 6.40. The molecule has 30 heavy (non-hydrogen) atoms. The molecule has 0 bridgehead atoms. The van der Waals surface area contributed by atoms with Gasteiger partial charge < -0.3 is 25.4 Å². The van der Waals surface area contributed by atoms with Gasteiger partial charge in [0.25, 0.3) is 5.91 Å². The van der Waals surface area contributed by atoms with Gasteiger partial charge in [0.05, 0.1) is 19.3 Å². The average Bonchev–Trinajstić information content (AvgIpc) is 2.77. The van der Waals surface area contributed by atoms with E-state index in [2.05, 4.69) is 27.9 Å². The number of benzene rings is 2. The lowest BCUT2D eigenvalue weighted by Crippen LogP contribution is -2.38. The van der Waals surface area contributed by atoms with Crippen molar-refractivity contribution in [3.05, 3.63) is 59.2 Å². The molecule has 0 aromatic heterocycles. The Morgan fingerprint density at radius 1 is 1.03 bits per heavy atom. The van der Waals surface area contributed by atoms with Crippen molar-refractivity contribution in [2.24, 2.45) is 4.99 Å². The van der Waals surface area contributed by atoms with Crippen molar-refractivity contribution < 1.29 is 14.3 Å². The van der Waals surface area contributed by atoms with Crippen molar-refractivity contribution in [2.75, 3.05) is 27.3 Å². The van der Waals surface area contributed by atoms with Crippen molar-refractivity contribution in [3.63, 3.8) is 0 Å². The summed E-state index contributed by atoms with van der Waals surface area (Å²) in [6, 6.07) is 13.4. The lowest BCUT2D eigenvalue weighted by Gasteiger charge is -2.20. The number of guanidine groups is 1. The molecule has 2 aromatic carbocycles. The average molecular weight is 413 g/mol. The maximum Gasteiger partial charge on any atom is 0.251 e. The number of aliphatic imine (C=N–C) groups is 1. The Morgan fingerprint density at radius 2 is 1.70 bits per heavy atom. The summed E-state index contributed by atoms with van der Waals surface area (Å²) in [5, 5.41) is 9.31. The highest BCUT2D eigenvalue weighted by Gasteiger charge is 2.12. The highest BCUT2D eigenvalue weighted by Crippen LogP contribution is 2.30. The SMILES string of the molecule is CCOc1ccc(C(C)NC(=NC)NCc2ccc(C(=O)NC)cc2)cc1OCC. The molecule has 0 aliphatic heterocycles. The molecule has 3 N–H and O–H groups in total. The summed E-state index contributed by atoms with van der Waals surface area (Å²) >= 11 is 0. The van der Waals surface area contributed by atoms with E-state index in [1.54, 1.807) is 14.1 Å². The number of carbonyl (C=O) groups is 1. The molecule has 0 saturated carbocycles. The van der Waals surface area contributed by atoms with Crippen molar-refractivity contribution in [1.29, 1.82) is 0 Å². The number of rotatable bonds is 9. The highest BCUT2D eigenvalue weighted by molar-refractivity contribution is 5.93. The number of hydrogen-bond acceptors (Lipinski definition) is 4. The largest absolute Gasteiger partial charge is 0.490 e. The predicted molar refractivity (Wildman–Crippen MR) is 120 cm³/mol. The van der Waals surface area contributed by atoms with Crippen LogP contribution in [0.5, 0.6) is 11.5 Å². The van der Waals surface area contributed by atoms with Gasteiger partial charge in [-0.15, -0.1) is 0 Å². The molecular formula is C23H32N4O3. The van der Waals surface area contributed by atoms with E-state index in [1.807, 2.05) is 56.3 Å². The molecule has 0 heterocycles. The molecule has 2 rings (SSSR count). The summed E-state index contributed by atoms with van der Waals surface area (Å²) in [5.41, 5.74) is 2.76. The van der Waals surface area contributed by atoms with E-state index in [9.17, 15) is 4.79 Å². The van der Waals surface area contributed by atoms with E-state index in [0.717, 1.165) is 22.6 Å². The standard InChI is InChI=1S/C23H32N4O3/c1-6-29-20-13-12-19(14-21(20)30-7-2)16(3)27-23(25-5)26-15-17-8-10-18(11-9-17)22(28)24-4/h8-14,16H,6-7,15H2,1-5H3,(H,24,28)(H2,25,26,27). The number of amides is 1. The van der Waals surface area contributed by atoms with Crippen LogP contribution in [0.25, 0.3) is 0 Å². The summed E-state index contributed by atoms with van der Waals surface area (Å²) in [4.78, 5) is 16.0. The molecule has 1 atom stereocenters. The first-order valence-electron chi connectivity index (χ1n) is 10.2. The van der Waals surface area contributed by atoms with E-state index < -0.39 is 0 Å². The maximum atomic E-state index is 11.6. The van der Waals surface area contributed by atoms with Crippen LogP contribution in [0.4, 0.5) is 0 Å². The molecule has 0 saturated heterocycles. The molecule has 0 aliphatic carbocycles. The number of ether oxygens (including phenoxy) is 2. The first-order valence-corrected chi connectivity index (χ1v) is 10.2. The number of carbonyl (C=O) groups excluding carboxylic acids is 1. The van der Waals surface area contributed by atoms with Crippen LogP contribution in [0, 0.1) is 0 Å². The Balaban J connectivity index is 2.00. The third-order valence-corrected chi connectivity index (χ3v) is 4.55. The Hall–Kier alpha value is -3.22.